The molecular weight excluding hydrogens is 314 g/mol. The zero-order valence-corrected chi connectivity index (χ0v) is 13.5. The number of benzene rings is 1. The molecule has 24 heavy (non-hydrogen) atoms. The van der Waals surface area contributed by atoms with Crippen LogP contribution in [-0.2, 0) is 0 Å². The molecule has 1 N–H and O–H groups in total. The van der Waals surface area contributed by atoms with Crippen LogP contribution in [0.2, 0.25) is 0 Å². The summed E-state index contributed by atoms with van der Waals surface area (Å²) >= 11 is 0. The number of carbonyl (C=O) groups excluding carboxylic acids is 1. The summed E-state index contributed by atoms with van der Waals surface area (Å²) < 4.78 is 27.3. The quantitative estimate of drug-likeness (QED) is 0.793. The minimum atomic E-state index is -2.70. The summed E-state index contributed by atoms with van der Waals surface area (Å²) in [5, 5.41) is 6.72. The molecule has 3 aromatic rings. The molecule has 3 rings (SSSR count). The summed E-state index contributed by atoms with van der Waals surface area (Å²) in [4.78, 5) is 16.8. The number of aryl methyl sites for hydroxylation is 3. The molecule has 5 nitrogen and oxygen atoms in total. The van der Waals surface area contributed by atoms with Gasteiger partial charge in [0.05, 0.1) is 6.20 Å². The van der Waals surface area contributed by atoms with E-state index in [0.29, 0.717) is 11.4 Å². The Bertz CT molecular complexity index is 913. The van der Waals surface area contributed by atoms with Gasteiger partial charge in [-0.05, 0) is 38.0 Å². The van der Waals surface area contributed by atoms with Gasteiger partial charge in [-0.25, -0.2) is 18.3 Å². The molecule has 0 spiro atoms. The molecule has 2 aromatic heterocycles. The van der Waals surface area contributed by atoms with Gasteiger partial charge in [0, 0.05) is 11.4 Å². The topological polar surface area (TPSA) is 59.3 Å². The molecule has 0 unspecified atom stereocenters. The van der Waals surface area contributed by atoms with Gasteiger partial charge in [0.15, 0.2) is 5.65 Å². The Balaban J connectivity index is 2.05. The summed E-state index contributed by atoms with van der Waals surface area (Å²) in [6.45, 7) is 5.37. The van der Waals surface area contributed by atoms with Crippen molar-refractivity contribution in [3.8, 4) is 0 Å². The average molecular weight is 330 g/mol. The zero-order chi connectivity index (χ0) is 17.4. The maximum atomic E-state index is 13.2. The highest BCUT2D eigenvalue weighted by atomic mass is 19.3. The Morgan fingerprint density at radius 2 is 1.88 bits per heavy atom. The van der Waals surface area contributed by atoms with Crippen LogP contribution in [0.4, 0.5) is 14.5 Å². The number of hydrogen-bond acceptors (Lipinski definition) is 3. The lowest BCUT2D eigenvalue weighted by molar-refractivity contribution is 0.102. The first-order valence-corrected chi connectivity index (χ1v) is 7.39. The average Bonchev–Trinajstić information content (AvgIpc) is 2.93. The predicted octanol–water partition coefficient (Wildman–Crippen LogP) is 3.84. The third-order valence-electron chi connectivity index (χ3n) is 3.82. The molecule has 0 bridgehead atoms. The summed E-state index contributed by atoms with van der Waals surface area (Å²) in [6, 6.07) is 6.93. The third-order valence-corrected chi connectivity index (χ3v) is 3.82. The highest BCUT2D eigenvalue weighted by Crippen LogP contribution is 2.24. The van der Waals surface area contributed by atoms with Gasteiger partial charge in [0.2, 0.25) is 0 Å². The maximum absolute atomic E-state index is 13.2. The van der Waals surface area contributed by atoms with Gasteiger partial charge in [-0.1, -0.05) is 18.2 Å². The number of alkyl halides is 2. The number of aromatic nitrogens is 3. The van der Waals surface area contributed by atoms with Crippen LogP contribution in [0.15, 0.2) is 30.5 Å². The predicted molar refractivity (Wildman–Crippen MR) is 86.6 cm³/mol. The molecule has 0 aliphatic rings. The number of para-hydroxylation sites is 1. The standard InChI is InChI=1S/C17H16F2N4O/c1-9-5-4-6-10(2)14(9)22-17(24)12-8-20-23-13(15(18)19)7-11(3)21-16(12)23/h4-8,15H,1-3H3,(H,22,24). The Hall–Kier alpha value is -2.83. The fourth-order valence-corrected chi connectivity index (χ4v) is 2.62. The van der Waals surface area contributed by atoms with E-state index < -0.39 is 12.3 Å². The second kappa shape index (κ2) is 5.99. The first-order chi connectivity index (χ1) is 11.4. The second-order valence-electron chi connectivity index (χ2n) is 5.64. The van der Waals surface area contributed by atoms with Crippen molar-refractivity contribution in [3.63, 3.8) is 0 Å². The van der Waals surface area contributed by atoms with Crippen molar-refractivity contribution in [3.05, 3.63) is 58.5 Å². The van der Waals surface area contributed by atoms with E-state index in [0.717, 1.165) is 15.6 Å². The van der Waals surface area contributed by atoms with E-state index in [1.54, 1.807) is 6.92 Å². The van der Waals surface area contributed by atoms with E-state index in [1.165, 1.54) is 12.3 Å². The molecular formula is C17H16F2N4O. The minimum Gasteiger partial charge on any atom is -0.321 e. The Labute approximate surface area is 137 Å². The van der Waals surface area contributed by atoms with Crippen molar-refractivity contribution in [2.45, 2.75) is 27.2 Å². The van der Waals surface area contributed by atoms with Gasteiger partial charge in [0.25, 0.3) is 12.3 Å². The summed E-state index contributed by atoms with van der Waals surface area (Å²) in [7, 11) is 0. The van der Waals surface area contributed by atoms with Crippen molar-refractivity contribution in [2.24, 2.45) is 0 Å². The maximum Gasteiger partial charge on any atom is 0.280 e. The van der Waals surface area contributed by atoms with Crippen LogP contribution in [0.5, 0.6) is 0 Å². The lowest BCUT2D eigenvalue weighted by Crippen LogP contribution is -2.14. The van der Waals surface area contributed by atoms with Crippen LogP contribution in [0.3, 0.4) is 0 Å². The first kappa shape index (κ1) is 16.0. The van der Waals surface area contributed by atoms with Crippen molar-refractivity contribution < 1.29 is 13.6 Å². The molecule has 0 atom stereocenters. The smallest absolute Gasteiger partial charge is 0.280 e. The molecule has 124 valence electrons. The van der Waals surface area contributed by atoms with Crippen LogP contribution in [0.1, 0.15) is 39.3 Å². The molecule has 0 fully saturated rings. The Morgan fingerprint density at radius 1 is 1.21 bits per heavy atom. The third kappa shape index (κ3) is 2.73. The fraction of sp³-hybridized carbons (Fsp3) is 0.235. The monoisotopic (exact) mass is 330 g/mol. The van der Waals surface area contributed by atoms with E-state index in [2.05, 4.69) is 15.4 Å². The van der Waals surface area contributed by atoms with Crippen molar-refractivity contribution in [2.75, 3.05) is 5.32 Å². The van der Waals surface area contributed by atoms with Crippen LogP contribution in [0, 0.1) is 20.8 Å². The van der Waals surface area contributed by atoms with Crippen LogP contribution in [0.25, 0.3) is 5.65 Å². The first-order valence-electron chi connectivity index (χ1n) is 7.39. The van der Waals surface area contributed by atoms with Gasteiger partial charge >= 0.3 is 0 Å². The lowest BCUT2D eigenvalue weighted by Gasteiger charge is -2.11. The molecule has 0 saturated carbocycles. The molecule has 0 aliphatic carbocycles. The van der Waals surface area contributed by atoms with E-state index in [-0.39, 0.29) is 16.9 Å². The zero-order valence-electron chi connectivity index (χ0n) is 13.5. The van der Waals surface area contributed by atoms with Gasteiger partial charge in [-0.2, -0.15) is 5.10 Å². The van der Waals surface area contributed by atoms with Gasteiger partial charge in [-0.15, -0.1) is 0 Å². The summed E-state index contributed by atoms with van der Waals surface area (Å²) in [5.74, 6) is -0.430. The van der Waals surface area contributed by atoms with Crippen molar-refractivity contribution >= 4 is 17.2 Å². The van der Waals surface area contributed by atoms with Crippen molar-refractivity contribution in [1.29, 1.82) is 0 Å². The van der Waals surface area contributed by atoms with Crippen molar-refractivity contribution in [1.82, 2.24) is 14.6 Å². The largest absolute Gasteiger partial charge is 0.321 e. The number of nitrogens with one attached hydrogen (secondary N) is 1. The minimum absolute atomic E-state index is 0.119. The Kier molecular flexibility index (Phi) is 4.01. The van der Waals surface area contributed by atoms with E-state index in [1.807, 2.05) is 32.0 Å². The van der Waals surface area contributed by atoms with Crippen LogP contribution in [-0.4, -0.2) is 20.5 Å². The summed E-state index contributed by atoms with van der Waals surface area (Å²) in [6.07, 6.45) is -1.44. The van der Waals surface area contributed by atoms with E-state index >= 15 is 0 Å². The molecule has 0 aliphatic heterocycles. The SMILES string of the molecule is Cc1cc(C(F)F)n2ncc(C(=O)Nc3c(C)cccc3C)c2n1. The van der Waals surface area contributed by atoms with Gasteiger partial charge < -0.3 is 5.32 Å². The van der Waals surface area contributed by atoms with E-state index in [9.17, 15) is 13.6 Å². The highest BCUT2D eigenvalue weighted by Gasteiger charge is 2.20. The van der Waals surface area contributed by atoms with Crippen LogP contribution >= 0.6 is 0 Å². The second-order valence-corrected chi connectivity index (χ2v) is 5.64. The molecule has 1 amide bonds. The molecule has 7 heteroatoms. The molecule has 0 saturated heterocycles. The normalized spacial score (nSPS) is 11.2. The number of halogens is 2. The highest BCUT2D eigenvalue weighted by molar-refractivity contribution is 6.08. The molecule has 0 radical (unpaired) electrons. The van der Waals surface area contributed by atoms with Gasteiger partial charge in [0.1, 0.15) is 11.3 Å². The van der Waals surface area contributed by atoms with Crippen LogP contribution < -0.4 is 5.32 Å². The number of carbonyl (C=O) groups is 1. The number of anilines is 1. The van der Waals surface area contributed by atoms with Gasteiger partial charge in [-0.3, -0.25) is 4.79 Å². The number of amides is 1. The number of nitrogens with zero attached hydrogens (tertiary/aromatic N) is 3. The number of rotatable bonds is 3. The molecule has 1 aromatic carbocycles. The molecule has 2 heterocycles. The lowest BCUT2D eigenvalue weighted by atomic mass is 10.1. The Morgan fingerprint density at radius 3 is 2.50 bits per heavy atom. The number of hydrogen-bond donors (Lipinski definition) is 1. The number of fused-ring (bicyclic) bond motifs is 1. The fourth-order valence-electron chi connectivity index (χ4n) is 2.62. The van der Waals surface area contributed by atoms with E-state index in [4.69, 9.17) is 0 Å². The summed E-state index contributed by atoms with van der Waals surface area (Å²) in [5.41, 5.74) is 2.92.